The number of nitrogens with two attached hydrogens (primary N) is 1. The van der Waals surface area contributed by atoms with E-state index in [-0.39, 0.29) is 6.04 Å². The Labute approximate surface area is 92.8 Å². The van der Waals surface area contributed by atoms with E-state index in [0.29, 0.717) is 0 Å². The zero-order chi connectivity index (χ0) is 10.8. The minimum atomic E-state index is -0.0286. The minimum Gasteiger partial charge on any atom is -0.322 e. The lowest BCUT2D eigenvalue weighted by molar-refractivity contribution is 0.698. The van der Waals surface area contributed by atoms with Crippen molar-refractivity contribution in [1.29, 1.82) is 0 Å². The highest BCUT2D eigenvalue weighted by molar-refractivity contribution is 7.09. The van der Waals surface area contributed by atoms with E-state index in [9.17, 15) is 0 Å². The van der Waals surface area contributed by atoms with Crippen LogP contribution in [0.25, 0.3) is 0 Å². The molecule has 80 valence electrons. The molecule has 1 atom stereocenters. The summed E-state index contributed by atoms with van der Waals surface area (Å²) >= 11 is 1.64. The van der Waals surface area contributed by atoms with Crippen LogP contribution < -0.4 is 5.73 Å². The SMILES string of the molecule is Cc1nc(C(N)Cc2cnn(C)c2)cs1. The Balaban J connectivity index is 2.06. The minimum absolute atomic E-state index is 0.0286. The lowest BCUT2D eigenvalue weighted by Gasteiger charge is -2.06. The Kier molecular flexibility index (Phi) is 2.83. The van der Waals surface area contributed by atoms with E-state index in [1.807, 2.05) is 31.7 Å². The van der Waals surface area contributed by atoms with Crippen LogP contribution >= 0.6 is 11.3 Å². The molecule has 2 N–H and O–H groups in total. The fourth-order valence-corrected chi connectivity index (χ4v) is 2.16. The number of hydrogen-bond acceptors (Lipinski definition) is 4. The summed E-state index contributed by atoms with van der Waals surface area (Å²) < 4.78 is 1.79. The number of aryl methyl sites for hydroxylation is 2. The summed E-state index contributed by atoms with van der Waals surface area (Å²) in [5.74, 6) is 0. The van der Waals surface area contributed by atoms with E-state index in [2.05, 4.69) is 10.1 Å². The Hall–Kier alpha value is -1.20. The molecule has 0 bridgehead atoms. The highest BCUT2D eigenvalue weighted by atomic mass is 32.1. The molecule has 0 aliphatic rings. The van der Waals surface area contributed by atoms with Crippen molar-refractivity contribution in [3.63, 3.8) is 0 Å². The molecule has 0 radical (unpaired) electrons. The van der Waals surface area contributed by atoms with Crippen LogP contribution in [0, 0.1) is 6.92 Å². The summed E-state index contributed by atoms with van der Waals surface area (Å²) in [4.78, 5) is 4.38. The van der Waals surface area contributed by atoms with Gasteiger partial charge in [0.15, 0.2) is 0 Å². The molecule has 0 aliphatic heterocycles. The normalized spacial score (nSPS) is 13.0. The van der Waals surface area contributed by atoms with Gasteiger partial charge in [-0.3, -0.25) is 4.68 Å². The van der Waals surface area contributed by atoms with Crippen LogP contribution in [0.2, 0.25) is 0 Å². The average molecular weight is 222 g/mol. The van der Waals surface area contributed by atoms with Gasteiger partial charge in [-0.05, 0) is 18.9 Å². The van der Waals surface area contributed by atoms with Gasteiger partial charge >= 0.3 is 0 Å². The summed E-state index contributed by atoms with van der Waals surface area (Å²) in [5, 5.41) is 7.20. The largest absolute Gasteiger partial charge is 0.322 e. The van der Waals surface area contributed by atoms with Gasteiger partial charge in [0.05, 0.1) is 22.9 Å². The first-order chi connectivity index (χ1) is 7.15. The van der Waals surface area contributed by atoms with E-state index >= 15 is 0 Å². The third-order valence-electron chi connectivity index (χ3n) is 2.23. The van der Waals surface area contributed by atoms with E-state index in [4.69, 9.17) is 5.73 Å². The maximum absolute atomic E-state index is 6.06. The van der Waals surface area contributed by atoms with Crippen LogP contribution in [-0.4, -0.2) is 14.8 Å². The van der Waals surface area contributed by atoms with Crippen LogP contribution in [0.5, 0.6) is 0 Å². The quantitative estimate of drug-likeness (QED) is 0.854. The summed E-state index contributed by atoms with van der Waals surface area (Å²) in [7, 11) is 1.90. The molecule has 2 rings (SSSR count). The van der Waals surface area contributed by atoms with Crippen molar-refractivity contribution in [3.8, 4) is 0 Å². The van der Waals surface area contributed by atoms with Gasteiger partial charge in [0.25, 0.3) is 0 Å². The van der Waals surface area contributed by atoms with E-state index < -0.39 is 0 Å². The molecule has 2 aromatic heterocycles. The molecular weight excluding hydrogens is 208 g/mol. The smallest absolute Gasteiger partial charge is 0.0898 e. The standard InChI is InChI=1S/C10H14N4S/c1-7-13-10(6-15-7)9(11)3-8-4-12-14(2)5-8/h4-6,9H,3,11H2,1-2H3. The Morgan fingerprint density at radius 2 is 2.40 bits per heavy atom. The number of nitrogens with zero attached hydrogens (tertiary/aromatic N) is 3. The molecule has 5 heteroatoms. The van der Waals surface area contributed by atoms with Gasteiger partial charge in [0.1, 0.15) is 0 Å². The number of rotatable bonds is 3. The second-order valence-electron chi connectivity index (χ2n) is 3.62. The topological polar surface area (TPSA) is 56.7 Å². The fraction of sp³-hybridized carbons (Fsp3) is 0.400. The van der Waals surface area contributed by atoms with Crippen LogP contribution in [0.4, 0.5) is 0 Å². The number of thiazole rings is 1. The van der Waals surface area contributed by atoms with E-state index in [1.165, 1.54) is 0 Å². The summed E-state index contributed by atoms with van der Waals surface area (Å²) in [5.41, 5.74) is 8.18. The van der Waals surface area contributed by atoms with E-state index in [0.717, 1.165) is 22.7 Å². The fourth-order valence-electron chi connectivity index (χ4n) is 1.49. The first-order valence-corrected chi connectivity index (χ1v) is 5.68. The molecule has 0 aliphatic carbocycles. The third-order valence-corrected chi connectivity index (χ3v) is 3.02. The molecule has 0 aromatic carbocycles. The van der Waals surface area contributed by atoms with Crippen molar-refractivity contribution in [2.75, 3.05) is 0 Å². The number of aromatic nitrogens is 3. The van der Waals surface area contributed by atoms with Crippen LogP contribution in [0.1, 0.15) is 22.3 Å². The molecular formula is C10H14N4S. The van der Waals surface area contributed by atoms with Crippen LogP contribution in [0.3, 0.4) is 0 Å². The molecule has 1 unspecified atom stereocenters. The van der Waals surface area contributed by atoms with E-state index in [1.54, 1.807) is 16.0 Å². The average Bonchev–Trinajstić information content (AvgIpc) is 2.75. The van der Waals surface area contributed by atoms with Gasteiger partial charge in [0.2, 0.25) is 0 Å². The maximum atomic E-state index is 6.06. The summed E-state index contributed by atoms with van der Waals surface area (Å²) in [6.07, 6.45) is 4.62. The van der Waals surface area contributed by atoms with Gasteiger partial charge in [-0.25, -0.2) is 4.98 Å². The van der Waals surface area contributed by atoms with Gasteiger partial charge < -0.3 is 5.73 Å². The molecule has 15 heavy (non-hydrogen) atoms. The molecule has 0 fully saturated rings. The maximum Gasteiger partial charge on any atom is 0.0898 e. The molecule has 0 saturated heterocycles. The zero-order valence-corrected chi connectivity index (χ0v) is 9.66. The molecule has 0 amide bonds. The van der Waals surface area contributed by atoms with Crippen molar-refractivity contribution in [2.24, 2.45) is 12.8 Å². The number of hydrogen-bond donors (Lipinski definition) is 1. The first-order valence-electron chi connectivity index (χ1n) is 4.80. The monoisotopic (exact) mass is 222 g/mol. The predicted octanol–water partition coefficient (Wildman–Crippen LogP) is 1.43. The second kappa shape index (κ2) is 4.12. The van der Waals surface area contributed by atoms with Crippen molar-refractivity contribution in [2.45, 2.75) is 19.4 Å². The van der Waals surface area contributed by atoms with Gasteiger partial charge in [-0.1, -0.05) is 0 Å². The molecule has 2 aromatic rings. The van der Waals surface area contributed by atoms with Crippen LogP contribution in [0.15, 0.2) is 17.8 Å². The lowest BCUT2D eigenvalue weighted by atomic mass is 10.1. The van der Waals surface area contributed by atoms with Gasteiger partial charge in [-0.2, -0.15) is 5.10 Å². The Bertz CT molecular complexity index is 446. The van der Waals surface area contributed by atoms with Gasteiger partial charge in [0, 0.05) is 18.6 Å². The second-order valence-corrected chi connectivity index (χ2v) is 4.69. The van der Waals surface area contributed by atoms with Gasteiger partial charge in [-0.15, -0.1) is 11.3 Å². The third kappa shape index (κ3) is 2.43. The van der Waals surface area contributed by atoms with Crippen molar-refractivity contribution in [1.82, 2.24) is 14.8 Å². The molecule has 4 nitrogen and oxygen atoms in total. The molecule has 0 spiro atoms. The zero-order valence-electron chi connectivity index (χ0n) is 8.84. The Morgan fingerprint density at radius 3 is 2.93 bits per heavy atom. The van der Waals surface area contributed by atoms with Crippen molar-refractivity contribution in [3.05, 3.63) is 34.0 Å². The summed E-state index contributed by atoms with van der Waals surface area (Å²) in [6.45, 7) is 1.99. The van der Waals surface area contributed by atoms with Crippen molar-refractivity contribution >= 4 is 11.3 Å². The predicted molar refractivity (Wildman–Crippen MR) is 60.7 cm³/mol. The molecule has 2 heterocycles. The summed E-state index contributed by atoms with van der Waals surface area (Å²) in [6, 6.07) is -0.0286. The Morgan fingerprint density at radius 1 is 1.60 bits per heavy atom. The lowest BCUT2D eigenvalue weighted by Crippen LogP contribution is -2.13. The van der Waals surface area contributed by atoms with Crippen LogP contribution in [-0.2, 0) is 13.5 Å². The highest BCUT2D eigenvalue weighted by Gasteiger charge is 2.10. The highest BCUT2D eigenvalue weighted by Crippen LogP contribution is 2.17. The molecule has 0 saturated carbocycles. The first kappa shape index (κ1) is 10.3. The van der Waals surface area contributed by atoms with Crippen molar-refractivity contribution < 1.29 is 0 Å².